The van der Waals surface area contributed by atoms with Gasteiger partial charge in [0.2, 0.25) is 0 Å². The van der Waals surface area contributed by atoms with Gasteiger partial charge in [-0.05, 0) is 25.1 Å². The van der Waals surface area contributed by atoms with Gasteiger partial charge < -0.3 is 9.73 Å². The minimum atomic E-state index is -1.19. The summed E-state index contributed by atoms with van der Waals surface area (Å²) in [7, 11) is 0. The minimum absolute atomic E-state index is 0.138. The molecule has 1 saturated heterocycles. The van der Waals surface area contributed by atoms with Crippen LogP contribution in [0.4, 0.5) is 4.79 Å². The predicted molar refractivity (Wildman–Crippen MR) is 92.0 cm³/mol. The third-order valence-electron chi connectivity index (χ3n) is 4.19. The first-order valence-corrected chi connectivity index (χ1v) is 8.54. The summed E-state index contributed by atoms with van der Waals surface area (Å²) >= 11 is 7.91. The van der Waals surface area contributed by atoms with Gasteiger partial charge in [0, 0.05) is 15.0 Å². The van der Waals surface area contributed by atoms with Gasteiger partial charge in [-0.3, -0.25) is 9.69 Å². The Morgan fingerprint density at radius 2 is 2.04 bits per heavy atom. The van der Waals surface area contributed by atoms with E-state index in [0.717, 1.165) is 15.0 Å². The van der Waals surface area contributed by atoms with Crippen molar-refractivity contribution in [3.63, 3.8) is 0 Å². The number of benzene rings is 1. The van der Waals surface area contributed by atoms with E-state index in [9.17, 15) is 9.59 Å². The van der Waals surface area contributed by atoms with Gasteiger partial charge in [-0.25, -0.2) is 4.79 Å². The second-order valence-corrected chi connectivity index (χ2v) is 7.27. The Hall–Kier alpha value is -2.31. The fourth-order valence-electron chi connectivity index (χ4n) is 2.88. The molecule has 4 rings (SSSR count). The van der Waals surface area contributed by atoms with Gasteiger partial charge in [0.1, 0.15) is 5.76 Å². The molecule has 1 N–H and O–H groups in total. The lowest BCUT2D eigenvalue weighted by Gasteiger charge is -2.18. The van der Waals surface area contributed by atoms with E-state index < -0.39 is 11.6 Å². The first-order valence-electron chi connectivity index (χ1n) is 7.34. The fraction of sp³-hybridized carbons (Fsp3) is 0.176. The van der Waals surface area contributed by atoms with Gasteiger partial charge in [-0.1, -0.05) is 29.8 Å². The Bertz CT molecular complexity index is 950. The zero-order valence-electron chi connectivity index (χ0n) is 12.7. The molecule has 1 aliphatic rings. The quantitative estimate of drug-likeness (QED) is 0.715. The Morgan fingerprint density at radius 3 is 2.75 bits per heavy atom. The van der Waals surface area contributed by atoms with Crippen molar-refractivity contribution in [2.75, 3.05) is 0 Å². The number of nitrogens with zero attached hydrogens (tertiary/aromatic N) is 1. The summed E-state index contributed by atoms with van der Waals surface area (Å²) in [6.07, 6.45) is 1.48. The van der Waals surface area contributed by atoms with Crippen LogP contribution in [0, 0.1) is 0 Å². The van der Waals surface area contributed by atoms with Crippen LogP contribution in [-0.2, 0) is 16.9 Å². The molecule has 0 bridgehead atoms. The van der Waals surface area contributed by atoms with Gasteiger partial charge in [0.25, 0.3) is 5.91 Å². The second kappa shape index (κ2) is 5.36. The summed E-state index contributed by atoms with van der Waals surface area (Å²) in [5, 5.41) is 4.23. The molecule has 3 aromatic rings. The first kappa shape index (κ1) is 15.2. The van der Waals surface area contributed by atoms with Crippen molar-refractivity contribution in [3.05, 3.63) is 58.3 Å². The summed E-state index contributed by atoms with van der Waals surface area (Å²) in [5.74, 6) is 0.0572. The molecule has 1 atom stereocenters. The summed E-state index contributed by atoms with van der Waals surface area (Å²) in [5.41, 5.74) is -1.19. The van der Waals surface area contributed by atoms with E-state index in [1.54, 1.807) is 19.1 Å². The standard InChI is InChI=1S/C17H13ClN2O3S/c1-17(13-7-4-8-23-13)15(21)20(16(22)19-17)9-12-14(18)10-5-2-3-6-11(10)24-12/h2-8H,9H2,1H3,(H,19,22)/t17-/m1/s1. The van der Waals surface area contributed by atoms with Gasteiger partial charge in [0.15, 0.2) is 5.54 Å². The van der Waals surface area contributed by atoms with Crippen molar-refractivity contribution in [1.29, 1.82) is 0 Å². The number of nitrogens with one attached hydrogen (secondary N) is 1. The summed E-state index contributed by atoms with van der Waals surface area (Å²) in [6, 6.07) is 10.6. The number of fused-ring (bicyclic) bond motifs is 1. The van der Waals surface area contributed by atoms with Crippen LogP contribution < -0.4 is 5.32 Å². The average Bonchev–Trinajstić information content (AvgIpc) is 3.25. The molecule has 7 heteroatoms. The highest BCUT2D eigenvalue weighted by Crippen LogP contribution is 2.37. The molecule has 0 saturated carbocycles. The molecule has 0 unspecified atom stereocenters. The van der Waals surface area contributed by atoms with E-state index in [2.05, 4.69) is 5.32 Å². The number of imide groups is 1. The molecule has 0 spiro atoms. The molecule has 24 heavy (non-hydrogen) atoms. The molecule has 2 aromatic heterocycles. The zero-order chi connectivity index (χ0) is 16.9. The maximum atomic E-state index is 12.8. The fourth-order valence-corrected chi connectivity index (χ4v) is 4.36. The number of carbonyl (C=O) groups is 2. The third-order valence-corrected chi connectivity index (χ3v) is 5.89. The number of rotatable bonds is 3. The number of urea groups is 1. The number of hydrogen-bond donors (Lipinski definition) is 1. The van der Waals surface area contributed by atoms with Crippen molar-refractivity contribution in [3.8, 4) is 0 Å². The predicted octanol–water partition coefficient (Wildman–Crippen LogP) is 4.11. The van der Waals surface area contributed by atoms with E-state index in [-0.39, 0.29) is 12.5 Å². The molecule has 3 heterocycles. The molecular formula is C17H13ClN2O3S. The molecule has 1 aliphatic heterocycles. The number of halogens is 1. The zero-order valence-corrected chi connectivity index (χ0v) is 14.3. The Balaban J connectivity index is 1.68. The van der Waals surface area contributed by atoms with Gasteiger partial charge >= 0.3 is 6.03 Å². The molecule has 3 amide bonds. The monoisotopic (exact) mass is 360 g/mol. The second-order valence-electron chi connectivity index (χ2n) is 5.76. The summed E-state index contributed by atoms with van der Waals surface area (Å²) in [6.45, 7) is 1.78. The smallest absolute Gasteiger partial charge is 0.325 e. The van der Waals surface area contributed by atoms with E-state index in [4.69, 9.17) is 16.0 Å². The minimum Gasteiger partial charge on any atom is -0.466 e. The van der Waals surface area contributed by atoms with Crippen LogP contribution in [0.5, 0.6) is 0 Å². The number of furan rings is 1. The highest BCUT2D eigenvalue weighted by atomic mass is 35.5. The van der Waals surface area contributed by atoms with Crippen LogP contribution in [0.15, 0.2) is 47.1 Å². The van der Waals surface area contributed by atoms with Crippen LogP contribution in [0.25, 0.3) is 10.1 Å². The lowest BCUT2D eigenvalue weighted by Crippen LogP contribution is -2.40. The van der Waals surface area contributed by atoms with Crippen molar-refractivity contribution in [2.45, 2.75) is 19.0 Å². The topological polar surface area (TPSA) is 62.6 Å². The van der Waals surface area contributed by atoms with Crippen LogP contribution >= 0.6 is 22.9 Å². The van der Waals surface area contributed by atoms with Crippen molar-refractivity contribution in [2.24, 2.45) is 0 Å². The van der Waals surface area contributed by atoms with E-state index in [1.807, 2.05) is 24.3 Å². The van der Waals surface area contributed by atoms with E-state index in [0.29, 0.717) is 10.8 Å². The molecule has 122 valence electrons. The molecule has 0 aliphatic carbocycles. The Labute approximate surface area is 146 Å². The van der Waals surface area contributed by atoms with E-state index in [1.165, 1.54) is 22.5 Å². The maximum Gasteiger partial charge on any atom is 0.325 e. The SMILES string of the molecule is C[C@]1(c2ccco2)NC(=O)N(Cc2sc3ccccc3c2Cl)C1=O. The van der Waals surface area contributed by atoms with Crippen molar-refractivity contribution < 1.29 is 14.0 Å². The van der Waals surface area contributed by atoms with Crippen molar-refractivity contribution in [1.82, 2.24) is 10.2 Å². The molecular weight excluding hydrogens is 348 g/mol. The van der Waals surface area contributed by atoms with Gasteiger partial charge in [0.05, 0.1) is 17.8 Å². The highest BCUT2D eigenvalue weighted by Gasteiger charge is 2.51. The van der Waals surface area contributed by atoms with Crippen LogP contribution in [0.2, 0.25) is 5.02 Å². The molecule has 0 radical (unpaired) electrons. The highest BCUT2D eigenvalue weighted by molar-refractivity contribution is 7.19. The first-order chi connectivity index (χ1) is 11.5. The molecule has 1 fully saturated rings. The Kier molecular flexibility index (Phi) is 3.40. The largest absolute Gasteiger partial charge is 0.466 e. The van der Waals surface area contributed by atoms with Gasteiger partial charge in [-0.2, -0.15) is 0 Å². The normalized spacial score (nSPS) is 20.8. The maximum absolute atomic E-state index is 12.8. The lowest BCUT2D eigenvalue weighted by molar-refractivity contribution is -0.132. The van der Waals surface area contributed by atoms with E-state index >= 15 is 0 Å². The summed E-state index contributed by atoms with van der Waals surface area (Å²) in [4.78, 5) is 27.1. The number of hydrogen-bond acceptors (Lipinski definition) is 4. The summed E-state index contributed by atoms with van der Waals surface area (Å²) < 4.78 is 6.35. The number of carbonyl (C=O) groups excluding carboxylic acids is 2. The van der Waals surface area contributed by atoms with Crippen molar-refractivity contribution >= 4 is 45.0 Å². The molecule has 1 aromatic carbocycles. The third kappa shape index (κ3) is 2.14. The van der Waals surface area contributed by atoms with Gasteiger partial charge in [-0.15, -0.1) is 11.3 Å². The lowest BCUT2D eigenvalue weighted by atomic mass is 9.99. The average molecular weight is 361 g/mol. The van der Waals surface area contributed by atoms with Crippen LogP contribution in [0.1, 0.15) is 17.6 Å². The molecule has 5 nitrogen and oxygen atoms in total. The van der Waals surface area contributed by atoms with Crippen LogP contribution in [-0.4, -0.2) is 16.8 Å². The van der Waals surface area contributed by atoms with Crippen LogP contribution in [0.3, 0.4) is 0 Å². The Morgan fingerprint density at radius 1 is 1.25 bits per heavy atom. The number of thiophene rings is 1. The number of amides is 3.